The van der Waals surface area contributed by atoms with Crippen molar-refractivity contribution in [3.05, 3.63) is 57.6 Å². The van der Waals surface area contributed by atoms with Crippen molar-refractivity contribution in [2.75, 3.05) is 5.32 Å². The zero-order valence-corrected chi connectivity index (χ0v) is 12.3. The van der Waals surface area contributed by atoms with Crippen LogP contribution in [0, 0.1) is 13.8 Å². The molecular formula is C15H14BrNO2. The number of anilines is 1. The first-order valence-corrected chi connectivity index (χ1v) is 6.64. The number of aromatic hydroxyl groups is 1. The molecule has 98 valence electrons. The predicted molar refractivity (Wildman–Crippen MR) is 79.7 cm³/mol. The van der Waals surface area contributed by atoms with E-state index >= 15 is 0 Å². The Labute approximate surface area is 120 Å². The van der Waals surface area contributed by atoms with Gasteiger partial charge in [-0.25, -0.2) is 0 Å². The van der Waals surface area contributed by atoms with Crippen molar-refractivity contribution in [2.24, 2.45) is 0 Å². The highest BCUT2D eigenvalue weighted by Crippen LogP contribution is 2.31. The summed E-state index contributed by atoms with van der Waals surface area (Å²) in [5.74, 6) is 0.0315. The Kier molecular flexibility index (Phi) is 3.90. The minimum atomic E-state index is -0.157. The Hall–Kier alpha value is -1.81. The summed E-state index contributed by atoms with van der Waals surface area (Å²) >= 11 is 3.26. The number of halogens is 1. The van der Waals surface area contributed by atoms with Crippen molar-refractivity contribution >= 4 is 27.5 Å². The second-order valence-electron chi connectivity index (χ2n) is 4.39. The summed E-state index contributed by atoms with van der Waals surface area (Å²) in [5, 5.41) is 12.5. The van der Waals surface area contributed by atoms with Crippen LogP contribution in [0.5, 0.6) is 5.75 Å². The fourth-order valence-corrected chi connectivity index (χ4v) is 2.39. The molecule has 19 heavy (non-hydrogen) atoms. The van der Waals surface area contributed by atoms with Gasteiger partial charge in [-0.05, 0) is 59.1 Å². The average Bonchev–Trinajstić information content (AvgIpc) is 2.36. The summed E-state index contributed by atoms with van der Waals surface area (Å²) in [6, 6.07) is 10.8. The Morgan fingerprint density at radius 2 is 1.84 bits per heavy atom. The maximum atomic E-state index is 12.2. The molecule has 2 aromatic rings. The molecule has 0 radical (unpaired) electrons. The predicted octanol–water partition coefficient (Wildman–Crippen LogP) is 4.02. The first-order chi connectivity index (χ1) is 8.99. The van der Waals surface area contributed by atoms with Crippen molar-refractivity contribution in [3.8, 4) is 5.75 Å². The van der Waals surface area contributed by atoms with Gasteiger partial charge in [0.05, 0.1) is 4.47 Å². The van der Waals surface area contributed by atoms with Gasteiger partial charge in [-0.3, -0.25) is 4.79 Å². The normalized spacial score (nSPS) is 10.3. The van der Waals surface area contributed by atoms with Gasteiger partial charge in [-0.1, -0.05) is 18.2 Å². The van der Waals surface area contributed by atoms with E-state index in [-0.39, 0.29) is 11.7 Å². The smallest absolute Gasteiger partial charge is 0.255 e. The molecule has 0 atom stereocenters. The minimum Gasteiger partial charge on any atom is -0.506 e. The fourth-order valence-electron chi connectivity index (χ4n) is 1.83. The largest absolute Gasteiger partial charge is 0.506 e. The molecule has 3 nitrogen and oxygen atoms in total. The second kappa shape index (κ2) is 5.45. The van der Waals surface area contributed by atoms with E-state index < -0.39 is 0 Å². The van der Waals surface area contributed by atoms with Gasteiger partial charge in [0.25, 0.3) is 5.91 Å². The highest BCUT2D eigenvalue weighted by molar-refractivity contribution is 9.10. The van der Waals surface area contributed by atoms with E-state index in [1.807, 2.05) is 25.1 Å². The van der Waals surface area contributed by atoms with E-state index in [0.29, 0.717) is 21.3 Å². The van der Waals surface area contributed by atoms with Crippen molar-refractivity contribution in [2.45, 2.75) is 13.8 Å². The molecule has 0 spiro atoms. The van der Waals surface area contributed by atoms with Crippen LogP contribution in [0.2, 0.25) is 0 Å². The Morgan fingerprint density at radius 1 is 1.16 bits per heavy atom. The molecule has 0 saturated heterocycles. The number of rotatable bonds is 2. The number of nitrogens with one attached hydrogen (secondary N) is 1. The Balaban J connectivity index is 2.27. The van der Waals surface area contributed by atoms with Crippen LogP contribution in [0.1, 0.15) is 21.5 Å². The monoisotopic (exact) mass is 319 g/mol. The summed E-state index contributed by atoms with van der Waals surface area (Å²) in [5.41, 5.74) is 2.92. The maximum absolute atomic E-state index is 12.2. The zero-order valence-electron chi connectivity index (χ0n) is 10.7. The summed E-state index contributed by atoms with van der Waals surface area (Å²) in [6.45, 7) is 3.68. The Morgan fingerprint density at radius 3 is 2.47 bits per heavy atom. The average molecular weight is 320 g/mol. The lowest BCUT2D eigenvalue weighted by atomic mass is 10.1. The molecule has 0 saturated carbocycles. The van der Waals surface area contributed by atoms with Crippen LogP contribution in [0.25, 0.3) is 0 Å². The van der Waals surface area contributed by atoms with Crippen LogP contribution >= 0.6 is 15.9 Å². The standard InChI is InChI=1S/C15H14BrNO2/c1-9-5-3-4-6-12(9)15(19)17-11-7-10(2)14(18)13(16)8-11/h3-8,18H,1-2H3,(H,17,19). The van der Waals surface area contributed by atoms with Gasteiger partial charge >= 0.3 is 0 Å². The van der Waals surface area contributed by atoms with Crippen LogP contribution in [-0.4, -0.2) is 11.0 Å². The summed E-state index contributed by atoms with van der Waals surface area (Å²) in [4.78, 5) is 12.2. The third-order valence-electron chi connectivity index (χ3n) is 2.90. The molecule has 0 aliphatic heterocycles. The van der Waals surface area contributed by atoms with Crippen LogP contribution < -0.4 is 5.32 Å². The van der Waals surface area contributed by atoms with E-state index in [9.17, 15) is 9.90 Å². The summed E-state index contributed by atoms with van der Waals surface area (Å²) < 4.78 is 0.563. The lowest BCUT2D eigenvalue weighted by Gasteiger charge is -2.10. The zero-order chi connectivity index (χ0) is 14.0. The first kappa shape index (κ1) is 13.6. The molecule has 4 heteroatoms. The van der Waals surface area contributed by atoms with Gasteiger partial charge in [0.2, 0.25) is 0 Å². The van der Waals surface area contributed by atoms with Crippen LogP contribution in [0.15, 0.2) is 40.9 Å². The van der Waals surface area contributed by atoms with Crippen LogP contribution in [0.3, 0.4) is 0 Å². The van der Waals surface area contributed by atoms with Crippen molar-refractivity contribution in [3.63, 3.8) is 0 Å². The van der Waals surface area contributed by atoms with Crippen molar-refractivity contribution < 1.29 is 9.90 Å². The van der Waals surface area contributed by atoms with E-state index in [0.717, 1.165) is 5.56 Å². The van der Waals surface area contributed by atoms with Crippen LogP contribution in [-0.2, 0) is 0 Å². The van der Waals surface area contributed by atoms with Crippen molar-refractivity contribution in [1.82, 2.24) is 0 Å². The number of aryl methyl sites for hydroxylation is 2. The number of carbonyl (C=O) groups excluding carboxylic acids is 1. The molecule has 2 aromatic carbocycles. The number of hydrogen-bond donors (Lipinski definition) is 2. The third kappa shape index (κ3) is 2.96. The van der Waals surface area contributed by atoms with E-state index in [1.54, 1.807) is 25.1 Å². The molecule has 0 bridgehead atoms. The molecule has 2 N–H and O–H groups in total. The third-order valence-corrected chi connectivity index (χ3v) is 3.51. The van der Waals surface area contributed by atoms with Gasteiger partial charge in [0.1, 0.15) is 5.75 Å². The number of carbonyl (C=O) groups is 1. The Bertz CT molecular complexity index is 615. The topological polar surface area (TPSA) is 49.3 Å². The number of phenolic OH excluding ortho intramolecular Hbond substituents is 1. The van der Waals surface area contributed by atoms with Crippen LogP contribution in [0.4, 0.5) is 5.69 Å². The molecule has 0 fully saturated rings. The second-order valence-corrected chi connectivity index (χ2v) is 5.25. The van der Waals surface area contributed by atoms with E-state index in [4.69, 9.17) is 0 Å². The van der Waals surface area contributed by atoms with Gasteiger partial charge in [-0.15, -0.1) is 0 Å². The van der Waals surface area contributed by atoms with Gasteiger partial charge in [0.15, 0.2) is 0 Å². The molecule has 2 rings (SSSR count). The summed E-state index contributed by atoms with van der Waals surface area (Å²) in [7, 11) is 0. The minimum absolute atomic E-state index is 0.157. The van der Waals surface area contributed by atoms with Gasteiger partial charge in [-0.2, -0.15) is 0 Å². The molecule has 0 aliphatic carbocycles. The molecule has 0 aliphatic rings. The van der Waals surface area contributed by atoms with E-state index in [1.165, 1.54) is 0 Å². The molecule has 0 heterocycles. The van der Waals surface area contributed by atoms with Crippen molar-refractivity contribution in [1.29, 1.82) is 0 Å². The quantitative estimate of drug-likeness (QED) is 0.821. The molecule has 1 amide bonds. The van der Waals surface area contributed by atoms with Gasteiger partial charge in [0, 0.05) is 11.3 Å². The molecule has 0 aromatic heterocycles. The number of phenols is 1. The number of benzene rings is 2. The van der Waals surface area contributed by atoms with E-state index in [2.05, 4.69) is 21.2 Å². The number of hydrogen-bond acceptors (Lipinski definition) is 2. The highest BCUT2D eigenvalue weighted by atomic mass is 79.9. The molecule has 0 unspecified atom stereocenters. The van der Waals surface area contributed by atoms with Gasteiger partial charge < -0.3 is 10.4 Å². The lowest BCUT2D eigenvalue weighted by Crippen LogP contribution is -2.13. The maximum Gasteiger partial charge on any atom is 0.255 e. The fraction of sp³-hybridized carbons (Fsp3) is 0.133. The lowest BCUT2D eigenvalue weighted by molar-refractivity contribution is 0.102. The SMILES string of the molecule is Cc1ccccc1C(=O)Nc1cc(C)c(O)c(Br)c1. The highest BCUT2D eigenvalue weighted by Gasteiger charge is 2.10. The summed E-state index contributed by atoms with van der Waals surface area (Å²) in [6.07, 6.45) is 0. The number of amides is 1. The molecular weight excluding hydrogens is 306 g/mol. The first-order valence-electron chi connectivity index (χ1n) is 5.85.